The fourth-order valence-electron chi connectivity index (χ4n) is 4.44. The van der Waals surface area contributed by atoms with Crippen molar-refractivity contribution in [2.75, 3.05) is 33.7 Å². The molecule has 0 N–H and O–H groups in total. The summed E-state index contributed by atoms with van der Waals surface area (Å²) in [5.41, 5.74) is 1.09. The average Bonchev–Trinajstić information content (AvgIpc) is 3.30. The van der Waals surface area contributed by atoms with Crippen molar-refractivity contribution in [3.8, 4) is 0 Å². The zero-order chi connectivity index (χ0) is 19.2. The van der Waals surface area contributed by atoms with Gasteiger partial charge in [0.2, 0.25) is 0 Å². The van der Waals surface area contributed by atoms with Gasteiger partial charge in [-0.15, -0.1) is 11.3 Å². The van der Waals surface area contributed by atoms with Gasteiger partial charge in [0, 0.05) is 51.3 Å². The molecule has 1 aromatic carbocycles. The van der Waals surface area contributed by atoms with E-state index in [-0.39, 0.29) is 6.04 Å². The molecule has 2 aliphatic rings. The molecule has 27 heavy (non-hydrogen) atoms. The lowest BCUT2D eigenvalue weighted by Crippen LogP contribution is -2.42. The van der Waals surface area contributed by atoms with Gasteiger partial charge < -0.3 is 0 Å². The normalized spacial score (nSPS) is 26.7. The Hall–Kier alpha value is -1.32. The number of nitrogens with zero attached hydrogens (tertiary/aromatic N) is 4. The molecule has 0 amide bonds. The van der Waals surface area contributed by atoms with Crippen LogP contribution in [0.4, 0.5) is 0 Å². The highest BCUT2D eigenvalue weighted by atomic mass is 32.2. The van der Waals surface area contributed by atoms with Crippen LogP contribution in [0.5, 0.6) is 0 Å². The lowest BCUT2D eigenvalue weighted by molar-refractivity contribution is 0.255. The van der Waals surface area contributed by atoms with Crippen molar-refractivity contribution in [1.82, 2.24) is 18.5 Å². The molecule has 2 aromatic rings. The maximum atomic E-state index is 13.0. The van der Waals surface area contributed by atoms with Crippen molar-refractivity contribution in [2.45, 2.75) is 19.5 Å². The van der Waals surface area contributed by atoms with Crippen LogP contribution in [0.15, 0.2) is 36.5 Å². The summed E-state index contributed by atoms with van der Waals surface area (Å²) < 4.78 is 29.0. The summed E-state index contributed by atoms with van der Waals surface area (Å²) in [6, 6.07) is 9.98. The van der Waals surface area contributed by atoms with Gasteiger partial charge in [0.15, 0.2) is 0 Å². The first-order valence-corrected chi connectivity index (χ1v) is 11.5. The third-order valence-electron chi connectivity index (χ3n) is 5.64. The van der Waals surface area contributed by atoms with E-state index in [1.165, 1.54) is 9.18 Å². The third kappa shape index (κ3) is 3.56. The number of rotatable bonds is 5. The van der Waals surface area contributed by atoms with E-state index in [9.17, 15) is 8.42 Å². The van der Waals surface area contributed by atoms with E-state index in [4.69, 9.17) is 0 Å². The summed E-state index contributed by atoms with van der Waals surface area (Å²) >= 11 is 1.74. The molecule has 3 heterocycles. The molecular weight excluding hydrogens is 380 g/mol. The Bertz CT molecular complexity index is 897. The Kier molecular flexibility index (Phi) is 5.11. The second kappa shape index (κ2) is 7.25. The van der Waals surface area contributed by atoms with Crippen molar-refractivity contribution in [3.63, 3.8) is 0 Å². The van der Waals surface area contributed by atoms with E-state index < -0.39 is 10.2 Å². The first-order valence-electron chi connectivity index (χ1n) is 9.24. The smallest absolute Gasteiger partial charge is 0.282 e. The van der Waals surface area contributed by atoms with Gasteiger partial charge in [-0.2, -0.15) is 17.0 Å². The molecule has 2 fully saturated rings. The van der Waals surface area contributed by atoms with Crippen molar-refractivity contribution in [2.24, 2.45) is 11.8 Å². The van der Waals surface area contributed by atoms with Crippen molar-refractivity contribution in [3.05, 3.63) is 52.0 Å². The van der Waals surface area contributed by atoms with Crippen LogP contribution in [-0.2, 0) is 16.8 Å². The highest BCUT2D eigenvalue weighted by Crippen LogP contribution is 2.46. The van der Waals surface area contributed by atoms with Gasteiger partial charge in [-0.3, -0.25) is 4.90 Å². The maximum Gasteiger partial charge on any atom is 0.282 e. The largest absolute Gasteiger partial charge is 0.298 e. The summed E-state index contributed by atoms with van der Waals surface area (Å²) in [6.07, 6.45) is 1.96. The molecule has 0 unspecified atom stereocenters. The van der Waals surface area contributed by atoms with Gasteiger partial charge in [0.25, 0.3) is 10.2 Å². The molecule has 4 rings (SSSR count). The zero-order valence-electron chi connectivity index (χ0n) is 15.9. The number of benzene rings is 1. The topological polar surface area (TPSA) is 56.8 Å². The molecule has 146 valence electrons. The number of hydrogen-bond acceptors (Lipinski definition) is 5. The van der Waals surface area contributed by atoms with Gasteiger partial charge in [0.05, 0.1) is 11.0 Å². The van der Waals surface area contributed by atoms with E-state index in [0.717, 1.165) is 30.2 Å². The first-order chi connectivity index (χ1) is 12.9. The standard InChI is InChI=1S/C19H26N4O2S2/c1-14-20-9-17(26-14)12-22-10-16-11-23(27(24,25)21(2)3)19(18(16)13-22)15-7-5-4-6-8-15/h4-9,16,18-19H,10-13H2,1-3H3/t16-,18-,19+/m0/s1. The molecule has 0 saturated carbocycles. The fourth-order valence-corrected chi connectivity index (χ4v) is 6.64. The Labute approximate surface area is 165 Å². The summed E-state index contributed by atoms with van der Waals surface area (Å²) in [4.78, 5) is 8.09. The van der Waals surface area contributed by atoms with Gasteiger partial charge in [-0.1, -0.05) is 30.3 Å². The third-order valence-corrected chi connectivity index (χ3v) is 8.43. The summed E-state index contributed by atoms with van der Waals surface area (Å²) in [7, 11) is -0.219. The van der Waals surface area contributed by atoms with Crippen LogP contribution in [0.1, 0.15) is 21.5 Å². The lowest BCUT2D eigenvalue weighted by Gasteiger charge is -2.31. The van der Waals surface area contributed by atoms with Crippen molar-refractivity contribution in [1.29, 1.82) is 0 Å². The number of aryl methyl sites for hydroxylation is 1. The molecule has 0 bridgehead atoms. The van der Waals surface area contributed by atoms with Gasteiger partial charge in [-0.05, 0) is 24.3 Å². The van der Waals surface area contributed by atoms with Gasteiger partial charge in [0.1, 0.15) is 0 Å². The highest BCUT2D eigenvalue weighted by Gasteiger charge is 2.51. The van der Waals surface area contributed by atoms with Crippen LogP contribution in [0.25, 0.3) is 0 Å². The van der Waals surface area contributed by atoms with Crippen molar-refractivity contribution < 1.29 is 8.42 Å². The maximum absolute atomic E-state index is 13.0. The molecule has 0 aliphatic carbocycles. The summed E-state index contributed by atoms with van der Waals surface area (Å²) in [5, 5.41) is 1.09. The van der Waals surface area contributed by atoms with Gasteiger partial charge >= 0.3 is 0 Å². The molecule has 1 aromatic heterocycles. The predicted octanol–water partition coefficient (Wildman–Crippen LogP) is 2.36. The molecule has 2 aliphatic heterocycles. The first kappa shape index (κ1) is 19.0. The second-order valence-corrected chi connectivity index (χ2v) is 11.1. The van der Waals surface area contributed by atoms with E-state index in [1.54, 1.807) is 29.7 Å². The molecule has 3 atom stereocenters. The molecule has 0 radical (unpaired) electrons. The van der Waals surface area contributed by atoms with Crippen molar-refractivity contribution >= 4 is 21.5 Å². The van der Waals surface area contributed by atoms with Crippen LogP contribution in [0, 0.1) is 18.8 Å². The number of thiazole rings is 1. The summed E-state index contributed by atoms with van der Waals surface area (Å²) in [5.74, 6) is 0.676. The minimum atomic E-state index is -3.45. The van der Waals surface area contributed by atoms with Crippen LogP contribution >= 0.6 is 11.3 Å². The highest BCUT2D eigenvalue weighted by molar-refractivity contribution is 7.86. The minimum absolute atomic E-state index is 0.100. The number of hydrogen-bond donors (Lipinski definition) is 0. The number of likely N-dealkylation sites (tertiary alicyclic amines) is 1. The van der Waals surface area contributed by atoms with E-state index in [2.05, 4.69) is 22.0 Å². The predicted molar refractivity (Wildman–Crippen MR) is 108 cm³/mol. The van der Waals surface area contributed by atoms with E-state index in [0.29, 0.717) is 18.4 Å². The Balaban J connectivity index is 1.60. The van der Waals surface area contributed by atoms with Crippen LogP contribution in [0.3, 0.4) is 0 Å². The zero-order valence-corrected chi connectivity index (χ0v) is 17.6. The summed E-state index contributed by atoms with van der Waals surface area (Å²) in [6.45, 7) is 5.37. The monoisotopic (exact) mass is 406 g/mol. The molecular formula is C19H26N4O2S2. The Morgan fingerprint density at radius 1 is 1.19 bits per heavy atom. The van der Waals surface area contributed by atoms with E-state index in [1.807, 2.05) is 31.3 Å². The quantitative estimate of drug-likeness (QED) is 0.765. The van der Waals surface area contributed by atoms with Crippen LogP contribution in [-0.4, -0.2) is 60.6 Å². The Morgan fingerprint density at radius 2 is 1.93 bits per heavy atom. The van der Waals surface area contributed by atoms with Crippen LogP contribution in [0.2, 0.25) is 0 Å². The average molecular weight is 407 g/mol. The number of aromatic nitrogens is 1. The van der Waals surface area contributed by atoms with Crippen LogP contribution < -0.4 is 0 Å². The lowest BCUT2D eigenvalue weighted by atomic mass is 9.90. The molecule has 2 saturated heterocycles. The molecule has 0 spiro atoms. The minimum Gasteiger partial charge on any atom is -0.298 e. The fraction of sp³-hybridized carbons (Fsp3) is 0.526. The number of fused-ring (bicyclic) bond motifs is 1. The SMILES string of the molecule is Cc1ncc(CN2C[C@H]3CN(S(=O)(=O)N(C)C)[C@H](c4ccccc4)[C@H]3C2)s1. The van der Waals surface area contributed by atoms with Gasteiger partial charge in [-0.25, -0.2) is 4.98 Å². The second-order valence-electron chi connectivity index (χ2n) is 7.68. The Morgan fingerprint density at radius 3 is 2.56 bits per heavy atom. The van der Waals surface area contributed by atoms with E-state index >= 15 is 0 Å². The molecule has 6 nitrogen and oxygen atoms in total. The molecule has 8 heteroatoms.